The molecule has 1 aliphatic rings. The maximum absolute atomic E-state index is 13.2. The van der Waals surface area contributed by atoms with Crippen molar-refractivity contribution in [3.05, 3.63) is 82.0 Å². The lowest BCUT2D eigenvalue weighted by Crippen LogP contribution is -2.50. The van der Waals surface area contributed by atoms with E-state index in [1.807, 2.05) is 30.3 Å². The Kier molecular flexibility index (Phi) is 11.1. The van der Waals surface area contributed by atoms with Crippen LogP contribution in [0, 0.1) is 0 Å². The fourth-order valence-corrected chi connectivity index (χ4v) is 5.62. The summed E-state index contributed by atoms with van der Waals surface area (Å²) in [6.07, 6.45) is 1.37. The molecule has 0 saturated carbocycles. The van der Waals surface area contributed by atoms with Crippen LogP contribution in [0.4, 0.5) is 4.79 Å². The van der Waals surface area contributed by atoms with E-state index in [4.69, 9.17) is 22.1 Å². The third-order valence-electron chi connectivity index (χ3n) is 6.28. The van der Waals surface area contributed by atoms with Gasteiger partial charge in [0.25, 0.3) is 0 Å². The minimum Gasteiger partial charge on any atom is -0.478 e. The van der Waals surface area contributed by atoms with E-state index in [0.29, 0.717) is 12.0 Å². The van der Waals surface area contributed by atoms with Crippen LogP contribution in [0.15, 0.2) is 65.9 Å². The van der Waals surface area contributed by atoms with Crippen molar-refractivity contribution in [2.45, 2.75) is 25.3 Å². The Hall–Kier alpha value is -3.45. The van der Waals surface area contributed by atoms with Crippen LogP contribution >= 0.6 is 11.6 Å². The van der Waals surface area contributed by atoms with Gasteiger partial charge < -0.3 is 25.8 Å². The van der Waals surface area contributed by atoms with Crippen LogP contribution in [-0.4, -0.2) is 79.7 Å². The third-order valence-corrected chi connectivity index (χ3v) is 7.81. The number of carbonyl (C=O) groups is 3. The van der Waals surface area contributed by atoms with Crippen LogP contribution in [0.1, 0.15) is 30.0 Å². The van der Waals surface area contributed by atoms with E-state index in [1.165, 1.54) is 4.90 Å². The number of nitrogens with two attached hydrogens (primary N) is 1. The van der Waals surface area contributed by atoms with Gasteiger partial charge in [-0.05, 0) is 30.0 Å². The first kappa shape index (κ1) is 31.1. The van der Waals surface area contributed by atoms with E-state index in [0.717, 1.165) is 16.1 Å². The summed E-state index contributed by atoms with van der Waals surface area (Å²) in [5, 5.41) is 13.0. The molecule has 1 aliphatic heterocycles. The number of carboxylic acid groups (broad SMARTS) is 1. The third kappa shape index (κ3) is 8.04. The van der Waals surface area contributed by atoms with Crippen LogP contribution in [0.2, 0.25) is 5.02 Å². The first-order valence-corrected chi connectivity index (χ1v) is 14.9. The Morgan fingerprint density at radius 2 is 1.82 bits per heavy atom. The molecule has 0 aliphatic carbocycles. The summed E-state index contributed by atoms with van der Waals surface area (Å²) in [6.45, 7) is -0.0639. The van der Waals surface area contributed by atoms with Gasteiger partial charge in [0.15, 0.2) is 0 Å². The Balaban J connectivity index is 1.84. The average molecular weight is 593 g/mol. The summed E-state index contributed by atoms with van der Waals surface area (Å²) in [5.41, 5.74) is 6.68. The number of urea groups is 1. The molecule has 4 N–H and O–H groups in total. The minimum absolute atomic E-state index is 0.0123. The highest BCUT2D eigenvalue weighted by Gasteiger charge is 2.40. The molecule has 11 nitrogen and oxygen atoms in total. The molecule has 40 heavy (non-hydrogen) atoms. The number of carboxylic acids is 1. The van der Waals surface area contributed by atoms with Crippen molar-refractivity contribution in [2.75, 3.05) is 39.1 Å². The van der Waals surface area contributed by atoms with E-state index in [2.05, 4.69) is 5.32 Å². The van der Waals surface area contributed by atoms with E-state index >= 15 is 0 Å². The number of halogens is 1. The Labute approximate surface area is 238 Å². The standard InChI is InChI=1S/C27H33ClN4O7S/c1-40(37,38)32(23(33)13-12-19-8-3-2-4-9-19)16-7-15-31-25(20-10-5-6-11-21(20)28)24(26(34)35)22(30-27(31)36)18-39-17-14-29/h2-6,8-11,25H,7,12-18,29H2,1H3,(H,30,36)(H,34,35). The number of benzene rings is 2. The number of nitrogens with zero attached hydrogens (tertiary/aromatic N) is 2. The molecule has 3 rings (SSSR count). The quantitative estimate of drug-likeness (QED) is 0.282. The van der Waals surface area contributed by atoms with E-state index < -0.39 is 34.0 Å². The Morgan fingerprint density at radius 1 is 1.15 bits per heavy atom. The molecule has 0 aromatic heterocycles. The molecule has 0 radical (unpaired) electrons. The van der Waals surface area contributed by atoms with Gasteiger partial charge in [-0.3, -0.25) is 4.79 Å². The fraction of sp³-hybridized carbons (Fsp3) is 0.370. The van der Waals surface area contributed by atoms with Crippen molar-refractivity contribution < 1.29 is 32.6 Å². The molecule has 0 saturated heterocycles. The molecule has 1 heterocycles. The van der Waals surface area contributed by atoms with Gasteiger partial charge in [0.1, 0.15) is 0 Å². The van der Waals surface area contributed by atoms with E-state index in [1.54, 1.807) is 24.3 Å². The topological polar surface area (TPSA) is 159 Å². The van der Waals surface area contributed by atoms with E-state index in [9.17, 15) is 27.9 Å². The molecule has 3 amide bonds. The van der Waals surface area contributed by atoms with Gasteiger partial charge in [0.2, 0.25) is 15.9 Å². The first-order valence-electron chi connectivity index (χ1n) is 12.6. The monoisotopic (exact) mass is 592 g/mol. The first-order chi connectivity index (χ1) is 19.0. The van der Waals surface area contributed by atoms with E-state index in [-0.39, 0.29) is 62.0 Å². The van der Waals surface area contributed by atoms with Gasteiger partial charge in [-0.15, -0.1) is 0 Å². The van der Waals surface area contributed by atoms with Gasteiger partial charge in [0, 0.05) is 31.1 Å². The lowest BCUT2D eigenvalue weighted by molar-refractivity contribution is -0.133. The molecule has 1 atom stereocenters. The van der Waals surface area contributed by atoms with Crippen LogP contribution < -0.4 is 11.1 Å². The molecule has 0 bridgehead atoms. The second-order valence-corrected chi connectivity index (χ2v) is 11.5. The number of hydrogen-bond acceptors (Lipinski definition) is 7. The summed E-state index contributed by atoms with van der Waals surface area (Å²) >= 11 is 6.43. The maximum atomic E-state index is 13.2. The summed E-state index contributed by atoms with van der Waals surface area (Å²) in [5.74, 6) is -1.85. The van der Waals surface area contributed by atoms with Gasteiger partial charge in [-0.1, -0.05) is 60.1 Å². The van der Waals surface area contributed by atoms with Gasteiger partial charge >= 0.3 is 12.0 Å². The van der Waals surface area contributed by atoms with Gasteiger partial charge in [-0.2, -0.15) is 0 Å². The number of amides is 3. The number of sulfonamides is 1. The van der Waals surface area contributed by atoms with Crippen LogP contribution in [0.25, 0.3) is 0 Å². The Morgan fingerprint density at radius 3 is 2.45 bits per heavy atom. The molecular weight excluding hydrogens is 560 g/mol. The minimum atomic E-state index is -3.89. The predicted octanol–water partition coefficient (Wildman–Crippen LogP) is 2.53. The molecule has 2 aromatic rings. The zero-order valence-corrected chi connectivity index (χ0v) is 23.7. The highest BCUT2D eigenvalue weighted by molar-refractivity contribution is 7.88. The van der Waals surface area contributed by atoms with Gasteiger partial charge in [-0.25, -0.2) is 22.3 Å². The zero-order valence-electron chi connectivity index (χ0n) is 22.1. The van der Waals surface area contributed by atoms with Crippen molar-refractivity contribution in [1.29, 1.82) is 0 Å². The van der Waals surface area contributed by atoms with Crippen molar-refractivity contribution in [3.8, 4) is 0 Å². The smallest absolute Gasteiger partial charge is 0.335 e. The zero-order chi connectivity index (χ0) is 29.3. The largest absolute Gasteiger partial charge is 0.478 e. The predicted molar refractivity (Wildman–Crippen MR) is 150 cm³/mol. The average Bonchev–Trinajstić information content (AvgIpc) is 2.90. The Bertz CT molecular complexity index is 1350. The molecule has 216 valence electrons. The van der Waals surface area contributed by atoms with Crippen LogP contribution in [0.3, 0.4) is 0 Å². The molecule has 1 unspecified atom stereocenters. The highest BCUT2D eigenvalue weighted by Crippen LogP contribution is 2.37. The lowest BCUT2D eigenvalue weighted by Gasteiger charge is -2.38. The number of aryl methyl sites for hydroxylation is 1. The molecular formula is C27H33ClN4O7S. The number of ether oxygens (including phenoxy) is 1. The molecule has 13 heteroatoms. The van der Waals surface area contributed by atoms with Crippen molar-refractivity contribution in [3.63, 3.8) is 0 Å². The number of aliphatic carboxylic acids is 1. The van der Waals surface area contributed by atoms with Crippen molar-refractivity contribution in [2.24, 2.45) is 5.73 Å². The summed E-state index contributed by atoms with van der Waals surface area (Å²) in [4.78, 5) is 39.8. The van der Waals surface area contributed by atoms with Crippen molar-refractivity contribution >= 4 is 39.5 Å². The maximum Gasteiger partial charge on any atom is 0.335 e. The van der Waals surface area contributed by atoms with Crippen LogP contribution in [-0.2, 0) is 30.8 Å². The molecule has 0 fully saturated rings. The summed E-state index contributed by atoms with van der Waals surface area (Å²) in [6, 6.07) is 14.1. The summed E-state index contributed by atoms with van der Waals surface area (Å²) in [7, 11) is -3.89. The number of carbonyl (C=O) groups excluding carboxylic acids is 2. The summed E-state index contributed by atoms with van der Waals surface area (Å²) < 4.78 is 31.1. The molecule has 0 spiro atoms. The fourth-order valence-electron chi connectivity index (χ4n) is 4.46. The second-order valence-electron chi connectivity index (χ2n) is 9.15. The normalized spacial score (nSPS) is 15.6. The molecule has 2 aromatic carbocycles. The van der Waals surface area contributed by atoms with Crippen LogP contribution in [0.5, 0.6) is 0 Å². The van der Waals surface area contributed by atoms with Gasteiger partial charge in [0.05, 0.1) is 36.8 Å². The highest BCUT2D eigenvalue weighted by atomic mass is 35.5. The number of hydrogen-bond donors (Lipinski definition) is 3. The number of nitrogens with one attached hydrogen (secondary N) is 1. The second kappa shape index (κ2) is 14.3. The number of rotatable bonds is 14. The van der Waals surface area contributed by atoms with Crippen molar-refractivity contribution in [1.82, 2.24) is 14.5 Å². The SMILES string of the molecule is CS(=O)(=O)N(CCCN1C(=O)NC(COCCN)=C(C(=O)O)C1c1ccccc1Cl)C(=O)CCc1ccccc1. The lowest BCUT2D eigenvalue weighted by atomic mass is 9.93.